The molecule has 9 heavy (non-hydrogen) atoms. The predicted molar refractivity (Wildman–Crippen MR) is 44.9 cm³/mol. The van der Waals surface area contributed by atoms with Crippen LogP contribution < -0.4 is 0 Å². The number of nitrogens with one attached hydrogen (secondary N) is 1. The minimum atomic E-state index is 0.965. The molecule has 4 heteroatoms. The monoisotopic (exact) mass is 173 g/mol. The lowest BCUT2D eigenvalue weighted by Crippen LogP contribution is -1.72. The van der Waals surface area contributed by atoms with Crippen LogP contribution in [-0.4, -0.2) is 4.98 Å². The maximum atomic E-state index is 5.04. The first kappa shape index (κ1) is 5.58. The highest BCUT2D eigenvalue weighted by atomic mass is 32.9. The first-order chi connectivity index (χ1) is 4.38. The zero-order valence-electron chi connectivity index (χ0n) is 4.38. The molecule has 0 bridgehead atoms. The molecular formula is C5H3NS3. The number of hydrogen-bond donors (Lipinski definition) is 1. The van der Waals surface area contributed by atoms with E-state index in [1.54, 1.807) is 20.7 Å². The van der Waals surface area contributed by atoms with Crippen molar-refractivity contribution in [3.63, 3.8) is 0 Å². The van der Waals surface area contributed by atoms with Crippen molar-refractivity contribution in [1.29, 1.82) is 0 Å². The molecule has 0 aromatic carbocycles. The second-order valence-corrected chi connectivity index (χ2v) is 4.26. The average Bonchev–Trinajstić information content (AvgIpc) is 1.74. The first-order valence-corrected chi connectivity index (χ1v) is 5.00. The van der Waals surface area contributed by atoms with E-state index in [2.05, 4.69) is 4.98 Å². The highest BCUT2D eigenvalue weighted by molar-refractivity contribution is 7.79. The molecule has 0 unspecified atom stereocenters. The second kappa shape index (κ2) is 1.90. The number of H-pyrrole nitrogens is 1. The van der Waals surface area contributed by atoms with Crippen molar-refractivity contribution in [1.82, 2.24) is 4.98 Å². The van der Waals surface area contributed by atoms with Crippen LogP contribution >= 0.6 is 32.9 Å². The Labute approximate surface area is 64.4 Å². The molecule has 2 rings (SSSR count). The number of rotatable bonds is 0. The third-order valence-electron chi connectivity index (χ3n) is 1.09. The van der Waals surface area contributed by atoms with Gasteiger partial charge in [0.1, 0.15) is 4.83 Å². The van der Waals surface area contributed by atoms with Crippen LogP contribution in [0.3, 0.4) is 0 Å². The Hall–Kier alpha value is -0.190. The molecule has 0 amide bonds. The van der Waals surface area contributed by atoms with E-state index in [1.165, 1.54) is 9.53 Å². The van der Waals surface area contributed by atoms with Gasteiger partial charge in [-0.25, -0.2) is 0 Å². The molecule has 0 spiro atoms. The fourth-order valence-corrected chi connectivity index (χ4v) is 3.00. The van der Waals surface area contributed by atoms with Gasteiger partial charge in [-0.2, -0.15) is 0 Å². The van der Waals surface area contributed by atoms with E-state index < -0.39 is 0 Å². The van der Waals surface area contributed by atoms with Gasteiger partial charge in [0.15, 0.2) is 0 Å². The summed E-state index contributed by atoms with van der Waals surface area (Å²) in [5.74, 6) is 0. The Morgan fingerprint density at radius 2 is 2.33 bits per heavy atom. The summed E-state index contributed by atoms with van der Waals surface area (Å²) in [5.41, 5.74) is 0. The molecule has 0 aliphatic carbocycles. The van der Waals surface area contributed by atoms with E-state index in [0.717, 1.165) is 4.51 Å². The van der Waals surface area contributed by atoms with Crippen molar-refractivity contribution >= 4 is 42.4 Å². The van der Waals surface area contributed by atoms with Crippen molar-refractivity contribution in [2.75, 3.05) is 0 Å². The van der Waals surface area contributed by atoms with Gasteiger partial charge in [0.2, 0.25) is 0 Å². The van der Waals surface area contributed by atoms with Gasteiger partial charge in [0, 0.05) is 6.20 Å². The Balaban J connectivity index is 3.02. The minimum Gasteiger partial charge on any atom is -0.352 e. The van der Waals surface area contributed by atoms with Crippen LogP contribution in [-0.2, 0) is 0 Å². The summed E-state index contributed by atoms with van der Waals surface area (Å²) in [5, 5.41) is 0. The number of aromatic nitrogens is 1. The minimum absolute atomic E-state index is 0.965. The molecule has 1 nitrogen and oxygen atoms in total. The van der Waals surface area contributed by atoms with Gasteiger partial charge < -0.3 is 4.98 Å². The lowest BCUT2D eigenvalue weighted by molar-refractivity contribution is 1.44. The van der Waals surface area contributed by atoms with Crippen molar-refractivity contribution in [2.45, 2.75) is 0 Å². The fraction of sp³-hybridized carbons (Fsp3) is 0. The molecule has 0 aliphatic rings. The molecule has 0 saturated carbocycles. The largest absolute Gasteiger partial charge is 0.352 e. The van der Waals surface area contributed by atoms with E-state index in [1.807, 2.05) is 12.3 Å². The molecule has 2 heterocycles. The standard InChI is InChI=1S/C5H3NS3/c7-3-1-2-6-5-4(3)8-9-5/h1-2H,(H,6,7). The maximum absolute atomic E-state index is 5.04. The highest BCUT2D eigenvalue weighted by Gasteiger charge is 1.97. The number of fused-ring (bicyclic) bond motifs is 1. The van der Waals surface area contributed by atoms with Gasteiger partial charge in [0.05, 0.1) is 9.21 Å². The predicted octanol–water partition coefficient (Wildman–Crippen LogP) is 3.02. The first-order valence-electron chi connectivity index (χ1n) is 2.44. The smallest absolute Gasteiger partial charge is 0.122 e. The molecule has 46 valence electrons. The van der Waals surface area contributed by atoms with Crippen LogP contribution in [0.1, 0.15) is 0 Å². The van der Waals surface area contributed by atoms with Gasteiger partial charge in [-0.15, -0.1) is 0 Å². The van der Waals surface area contributed by atoms with Crippen LogP contribution in [0.5, 0.6) is 0 Å². The summed E-state index contributed by atoms with van der Waals surface area (Å²) in [6.07, 6.45) is 1.88. The molecule has 0 radical (unpaired) electrons. The molecule has 0 saturated heterocycles. The van der Waals surface area contributed by atoms with Gasteiger partial charge in [-0.3, -0.25) is 0 Å². The molecular weight excluding hydrogens is 170 g/mol. The molecule has 2 aromatic rings. The molecule has 0 aliphatic heterocycles. The van der Waals surface area contributed by atoms with Crippen LogP contribution in [0.15, 0.2) is 12.3 Å². The topological polar surface area (TPSA) is 15.8 Å². The van der Waals surface area contributed by atoms with Crippen LogP contribution in [0, 0.1) is 4.51 Å². The summed E-state index contributed by atoms with van der Waals surface area (Å²) >= 11 is 5.04. The summed E-state index contributed by atoms with van der Waals surface area (Å²) in [7, 11) is 3.48. The third kappa shape index (κ3) is 0.745. The number of aromatic amines is 1. The van der Waals surface area contributed by atoms with E-state index >= 15 is 0 Å². The van der Waals surface area contributed by atoms with E-state index in [0.29, 0.717) is 0 Å². The average molecular weight is 173 g/mol. The van der Waals surface area contributed by atoms with Crippen molar-refractivity contribution in [3.05, 3.63) is 16.8 Å². The molecule has 1 N–H and O–H groups in total. The van der Waals surface area contributed by atoms with Gasteiger partial charge in [-0.1, -0.05) is 32.9 Å². The lowest BCUT2D eigenvalue weighted by atomic mass is 10.5. The fourth-order valence-electron chi connectivity index (χ4n) is 0.636. The van der Waals surface area contributed by atoms with E-state index in [9.17, 15) is 0 Å². The Morgan fingerprint density at radius 1 is 1.44 bits per heavy atom. The van der Waals surface area contributed by atoms with Crippen LogP contribution in [0.2, 0.25) is 0 Å². The van der Waals surface area contributed by atoms with Gasteiger partial charge >= 0.3 is 0 Å². The number of pyridine rings is 1. The Kier molecular flexibility index (Phi) is 1.18. The molecule has 0 fully saturated rings. The lowest BCUT2D eigenvalue weighted by Gasteiger charge is -1.95. The Bertz CT molecular complexity index is 366. The summed E-state index contributed by atoms with van der Waals surface area (Å²) in [4.78, 5) is 4.32. The van der Waals surface area contributed by atoms with Gasteiger partial charge in [-0.05, 0) is 6.07 Å². The summed E-state index contributed by atoms with van der Waals surface area (Å²) in [6.45, 7) is 0. The zero-order valence-corrected chi connectivity index (χ0v) is 6.83. The highest BCUT2D eigenvalue weighted by Crippen LogP contribution is 2.30. The molecule has 0 atom stereocenters. The van der Waals surface area contributed by atoms with Crippen molar-refractivity contribution < 1.29 is 0 Å². The summed E-state index contributed by atoms with van der Waals surface area (Å²) < 4.78 is 2.20. The van der Waals surface area contributed by atoms with Crippen LogP contribution in [0.4, 0.5) is 0 Å². The second-order valence-electron chi connectivity index (χ2n) is 1.67. The van der Waals surface area contributed by atoms with E-state index in [4.69, 9.17) is 12.2 Å². The SMILES string of the molecule is S=c1cc[nH]c2ssc12. The van der Waals surface area contributed by atoms with Crippen LogP contribution in [0.25, 0.3) is 9.53 Å². The zero-order chi connectivity index (χ0) is 6.27. The number of hydrogen-bond acceptors (Lipinski definition) is 3. The van der Waals surface area contributed by atoms with Crippen molar-refractivity contribution in [2.24, 2.45) is 0 Å². The normalized spacial score (nSPS) is 10.7. The maximum Gasteiger partial charge on any atom is 0.122 e. The molecule has 2 aromatic heterocycles. The Morgan fingerprint density at radius 3 is 2.78 bits per heavy atom. The third-order valence-corrected chi connectivity index (χ3v) is 4.10. The van der Waals surface area contributed by atoms with Gasteiger partial charge in [0.25, 0.3) is 0 Å². The summed E-state index contributed by atoms with van der Waals surface area (Å²) in [6, 6.07) is 1.92. The van der Waals surface area contributed by atoms with E-state index in [-0.39, 0.29) is 0 Å². The van der Waals surface area contributed by atoms with Crippen molar-refractivity contribution in [3.8, 4) is 0 Å². The quantitative estimate of drug-likeness (QED) is 0.478.